The minimum atomic E-state index is -0.290. The molecule has 122 valence electrons. The summed E-state index contributed by atoms with van der Waals surface area (Å²) in [5.41, 5.74) is 5.62. The van der Waals surface area contributed by atoms with Crippen LogP contribution in [0.25, 0.3) is 11.1 Å². The Kier molecular flexibility index (Phi) is 5.54. The van der Waals surface area contributed by atoms with Crippen molar-refractivity contribution in [3.8, 4) is 11.1 Å². The Balaban J connectivity index is 2.38. The molecule has 2 aromatic rings. The van der Waals surface area contributed by atoms with Gasteiger partial charge in [0.2, 0.25) is 0 Å². The molecular formula is C20H23FO2. The summed E-state index contributed by atoms with van der Waals surface area (Å²) >= 11 is 0. The molecule has 2 rings (SSSR count). The van der Waals surface area contributed by atoms with Crippen LogP contribution in [0.2, 0.25) is 0 Å². The maximum atomic E-state index is 14.4. The molecule has 0 aromatic heterocycles. The Morgan fingerprint density at radius 1 is 1.09 bits per heavy atom. The Bertz CT molecular complexity index is 700. The third-order valence-electron chi connectivity index (χ3n) is 4.00. The zero-order chi connectivity index (χ0) is 17.0. The average Bonchev–Trinajstić information content (AvgIpc) is 2.49. The second-order valence-corrected chi connectivity index (χ2v) is 5.84. The average molecular weight is 314 g/mol. The standard InChI is InChI=1S/C20H23FO2/c1-5-23-18(22)10-9-16-12-17(11-15(4)20(16)21)19-13(2)7-6-8-14(19)3/h6-8,11-12H,5,9-10H2,1-4H3. The highest BCUT2D eigenvalue weighted by Crippen LogP contribution is 2.30. The Hall–Kier alpha value is -2.16. The first-order valence-electron chi connectivity index (χ1n) is 7.95. The Labute approximate surface area is 137 Å². The molecule has 0 saturated heterocycles. The molecule has 0 aliphatic heterocycles. The molecule has 0 unspecified atom stereocenters. The quantitative estimate of drug-likeness (QED) is 0.733. The second-order valence-electron chi connectivity index (χ2n) is 5.84. The fraction of sp³-hybridized carbons (Fsp3) is 0.350. The smallest absolute Gasteiger partial charge is 0.306 e. The van der Waals surface area contributed by atoms with Crippen LogP contribution in [0.1, 0.15) is 35.6 Å². The summed E-state index contributed by atoms with van der Waals surface area (Å²) in [7, 11) is 0. The summed E-state index contributed by atoms with van der Waals surface area (Å²) in [4.78, 5) is 11.5. The van der Waals surface area contributed by atoms with E-state index in [0.29, 0.717) is 24.2 Å². The Morgan fingerprint density at radius 3 is 2.35 bits per heavy atom. The molecule has 3 heteroatoms. The summed E-state index contributed by atoms with van der Waals surface area (Å²) in [6.45, 7) is 7.99. The molecule has 0 aliphatic carbocycles. The molecule has 0 radical (unpaired) electrons. The summed E-state index contributed by atoms with van der Waals surface area (Å²) < 4.78 is 19.3. The van der Waals surface area contributed by atoms with Crippen molar-refractivity contribution in [2.75, 3.05) is 6.61 Å². The van der Waals surface area contributed by atoms with Gasteiger partial charge < -0.3 is 4.74 Å². The number of carbonyl (C=O) groups excluding carboxylic acids is 1. The number of halogens is 1. The molecular weight excluding hydrogens is 291 g/mol. The highest BCUT2D eigenvalue weighted by Gasteiger charge is 2.13. The van der Waals surface area contributed by atoms with Gasteiger partial charge in [-0.15, -0.1) is 0 Å². The Morgan fingerprint density at radius 2 is 1.74 bits per heavy atom. The lowest BCUT2D eigenvalue weighted by atomic mass is 9.92. The van der Waals surface area contributed by atoms with Crippen molar-refractivity contribution in [3.63, 3.8) is 0 Å². The van der Waals surface area contributed by atoms with Gasteiger partial charge in [0.1, 0.15) is 5.82 Å². The van der Waals surface area contributed by atoms with Gasteiger partial charge in [0.25, 0.3) is 0 Å². The van der Waals surface area contributed by atoms with Gasteiger partial charge in [-0.05, 0) is 79.6 Å². The summed E-state index contributed by atoms with van der Waals surface area (Å²) in [5.74, 6) is -0.522. The van der Waals surface area contributed by atoms with Gasteiger partial charge >= 0.3 is 5.97 Å². The largest absolute Gasteiger partial charge is 0.466 e. The number of esters is 1. The maximum Gasteiger partial charge on any atom is 0.306 e. The lowest BCUT2D eigenvalue weighted by Crippen LogP contribution is -2.06. The highest BCUT2D eigenvalue weighted by molar-refractivity contribution is 5.73. The van der Waals surface area contributed by atoms with Crippen molar-refractivity contribution < 1.29 is 13.9 Å². The van der Waals surface area contributed by atoms with Crippen LogP contribution >= 0.6 is 0 Å². The molecule has 23 heavy (non-hydrogen) atoms. The normalized spacial score (nSPS) is 10.7. The summed E-state index contributed by atoms with van der Waals surface area (Å²) in [5, 5.41) is 0. The van der Waals surface area contributed by atoms with Gasteiger partial charge in [-0.1, -0.05) is 18.2 Å². The van der Waals surface area contributed by atoms with E-state index < -0.39 is 0 Å². The fourth-order valence-corrected chi connectivity index (χ4v) is 2.91. The van der Waals surface area contributed by atoms with Crippen LogP contribution in [-0.2, 0) is 16.0 Å². The molecule has 2 aromatic carbocycles. The van der Waals surface area contributed by atoms with Crippen LogP contribution in [0.5, 0.6) is 0 Å². The van der Waals surface area contributed by atoms with E-state index in [9.17, 15) is 9.18 Å². The molecule has 0 fully saturated rings. The van der Waals surface area contributed by atoms with E-state index in [0.717, 1.165) is 22.3 Å². The van der Waals surface area contributed by atoms with E-state index >= 15 is 0 Å². The summed E-state index contributed by atoms with van der Waals surface area (Å²) in [6, 6.07) is 9.86. The molecule has 0 N–H and O–H groups in total. The molecule has 0 spiro atoms. The molecule has 0 aliphatic rings. The third kappa shape index (κ3) is 3.98. The lowest BCUT2D eigenvalue weighted by molar-refractivity contribution is -0.143. The van der Waals surface area contributed by atoms with Crippen molar-refractivity contribution in [1.82, 2.24) is 0 Å². The van der Waals surface area contributed by atoms with Crippen molar-refractivity contribution in [2.24, 2.45) is 0 Å². The van der Waals surface area contributed by atoms with Gasteiger partial charge in [0, 0.05) is 6.42 Å². The molecule has 0 heterocycles. The minimum absolute atomic E-state index is 0.195. The summed E-state index contributed by atoms with van der Waals surface area (Å²) in [6.07, 6.45) is 0.546. The predicted molar refractivity (Wildman–Crippen MR) is 91.0 cm³/mol. The van der Waals surface area contributed by atoms with E-state index in [2.05, 4.69) is 26.0 Å². The van der Waals surface area contributed by atoms with E-state index in [1.165, 1.54) is 0 Å². The van der Waals surface area contributed by atoms with Gasteiger partial charge in [-0.25, -0.2) is 4.39 Å². The zero-order valence-electron chi connectivity index (χ0n) is 14.2. The van der Waals surface area contributed by atoms with Crippen LogP contribution in [0.15, 0.2) is 30.3 Å². The number of rotatable bonds is 5. The molecule has 0 bridgehead atoms. The molecule has 2 nitrogen and oxygen atoms in total. The molecule has 0 saturated carbocycles. The fourth-order valence-electron chi connectivity index (χ4n) is 2.91. The van der Waals surface area contributed by atoms with Crippen LogP contribution in [0.3, 0.4) is 0 Å². The molecule has 0 atom stereocenters. The SMILES string of the molecule is CCOC(=O)CCc1cc(-c2c(C)cccc2C)cc(C)c1F. The second kappa shape index (κ2) is 7.40. The molecule has 0 amide bonds. The van der Waals surface area contributed by atoms with Crippen LogP contribution < -0.4 is 0 Å². The number of ether oxygens (including phenoxy) is 1. The first-order valence-corrected chi connectivity index (χ1v) is 7.95. The lowest BCUT2D eigenvalue weighted by Gasteiger charge is -2.14. The van der Waals surface area contributed by atoms with Crippen LogP contribution in [0.4, 0.5) is 4.39 Å². The van der Waals surface area contributed by atoms with Crippen molar-refractivity contribution >= 4 is 5.97 Å². The van der Waals surface area contributed by atoms with Gasteiger partial charge in [0.15, 0.2) is 0 Å². The van der Waals surface area contributed by atoms with Crippen LogP contribution in [-0.4, -0.2) is 12.6 Å². The van der Waals surface area contributed by atoms with Crippen molar-refractivity contribution in [2.45, 2.75) is 40.5 Å². The van der Waals surface area contributed by atoms with Crippen molar-refractivity contribution in [3.05, 3.63) is 58.4 Å². The topological polar surface area (TPSA) is 26.3 Å². The highest BCUT2D eigenvalue weighted by atomic mass is 19.1. The predicted octanol–water partition coefficient (Wildman–Crippen LogP) is 4.91. The first-order chi connectivity index (χ1) is 10.9. The number of hydrogen-bond donors (Lipinski definition) is 0. The van der Waals surface area contributed by atoms with E-state index in [-0.39, 0.29) is 18.2 Å². The minimum Gasteiger partial charge on any atom is -0.466 e. The van der Waals surface area contributed by atoms with Gasteiger partial charge in [0.05, 0.1) is 6.61 Å². The number of aryl methyl sites for hydroxylation is 4. The zero-order valence-corrected chi connectivity index (χ0v) is 14.2. The number of hydrogen-bond acceptors (Lipinski definition) is 2. The monoisotopic (exact) mass is 314 g/mol. The van der Waals surface area contributed by atoms with Gasteiger partial charge in [-0.3, -0.25) is 4.79 Å². The van der Waals surface area contributed by atoms with E-state index in [1.807, 2.05) is 18.2 Å². The van der Waals surface area contributed by atoms with E-state index in [1.54, 1.807) is 13.8 Å². The maximum absolute atomic E-state index is 14.4. The van der Waals surface area contributed by atoms with Crippen molar-refractivity contribution in [1.29, 1.82) is 0 Å². The third-order valence-corrected chi connectivity index (χ3v) is 4.00. The van der Waals surface area contributed by atoms with E-state index in [4.69, 9.17) is 4.74 Å². The number of carbonyl (C=O) groups is 1. The van der Waals surface area contributed by atoms with Gasteiger partial charge in [-0.2, -0.15) is 0 Å². The van der Waals surface area contributed by atoms with Crippen LogP contribution in [0, 0.1) is 26.6 Å². The first kappa shape index (κ1) is 17.2. The number of benzene rings is 2.